The number of ether oxygens (including phenoxy) is 2. The van der Waals surface area contributed by atoms with Crippen LogP contribution in [0.5, 0.6) is 5.75 Å². The fourth-order valence-corrected chi connectivity index (χ4v) is 3.78. The third-order valence-electron chi connectivity index (χ3n) is 4.34. The highest BCUT2D eigenvalue weighted by molar-refractivity contribution is 7.87. The fourth-order valence-electron chi connectivity index (χ4n) is 2.85. The molecule has 0 aliphatic heterocycles. The molecule has 0 saturated carbocycles. The predicted molar refractivity (Wildman–Crippen MR) is 128 cm³/mol. The maximum absolute atomic E-state index is 12.8. The van der Waals surface area contributed by atoms with Gasteiger partial charge in [0.1, 0.15) is 21.8 Å². The van der Waals surface area contributed by atoms with E-state index in [0.29, 0.717) is 5.56 Å². The lowest BCUT2D eigenvalue weighted by Crippen LogP contribution is -2.38. The number of alkyl carbamates (subject to hydrolysis) is 1. The second kappa shape index (κ2) is 10.5. The van der Waals surface area contributed by atoms with Crippen LogP contribution in [0, 0.1) is 6.92 Å². The first kappa shape index (κ1) is 27.2. The fraction of sp³-hybridized carbons (Fsp3) is 0.440. The Morgan fingerprint density at radius 3 is 1.88 bits per heavy atom. The van der Waals surface area contributed by atoms with Gasteiger partial charge in [-0.2, -0.15) is 8.42 Å². The number of aryl methyl sites for hydroxylation is 1. The number of rotatable bonds is 7. The highest BCUT2D eigenvalue weighted by Crippen LogP contribution is 2.25. The number of amides is 1. The van der Waals surface area contributed by atoms with Gasteiger partial charge in [0.2, 0.25) is 0 Å². The molecular weight excluding hydrogens is 458 g/mol. The number of carbonyl (C=O) groups is 2. The highest BCUT2D eigenvalue weighted by Gasteiger charge is 2.28. The van der Waals surface area contributed by atoms with Crippen molar-refractivity contribution in [1.29, 1.82) is 0 Å². The van der Waals surface area contributed by atoms with Crippen LogP contribution in [0.3, 0.4) is 0 Å². The zero-order chi connectivity index (χ0) is 25.7. The van der Waals surface area contributed by atoms with E-state index >= 15 is 0 Å². The topological polar surface area (TPSA) is 108 Å². The van der Waals surface area contributed by atoms with E-state index in [1.807, 2.05) is 6.92 Å². The Balaban J connectivity index is 2.21. The molecule has 1 unspecified atom stereocenters. The van der Waals surface area contributed by atoms with Gasteiger partial charge in [0.05, 0.1) is 5.92 Å². The van der Waals surface area contributed by atoms with E-state index in [9.17, 15) is 18.0 Å². The molecule has 186 valence electrons. The van der Waals surface area contributed by atoms with Crippen molar-refractivity contribution in [3.63, 3.8) is 0 Å². The van der Waals surface area contributed by atoms with E-state index in [1.165, 1.54) is 24.3 Å². The number of nitrogens with one attached hydrogen (secondary N) is 1. The van der Waals surface area contributed by atoms with E-state index < -0.39 is 39.3 Å². The second-order valence-electron chi connectivity index (χ2n) is 9.89. The van der Waals surface area contributed by atoms with E-state index in [0.717, 1.165) is 5.56 Å². The minimum absolute atomic E-state index is 0.0374. The van der Waals surface area contributed by atoms with Gasteiger partial charge in [-0.1, -0.05) is 29.8 Å². The zero-order valence-corrected chi connectivity index (χ0v) is 21.5. The van der Waals surface area contributed by atoms with Crippen molar-refractivity contribution in [2.24, 2.45) is 0 Å². The Morgan fingerprint density at radius 1 is 0.853 bits per heavy atom. The molecule has 8 nitrogen and oxygen atoms in total. The molecular formula is C25H33NO7S. The summed E-state index contributed by atoms with van der Waals surface area (Å²) < 4.78 is 41.0. The van der Waals surface area contributed by atoms with Crippen molar-refractivity contribution in [3.8, 4) is 5.75 Å². The minimum atomic E-state index is -4.01. The summed E-state index contributed by atoms with van der Waals surface area (Å²) in [4.78, 5) is 25.0. The van der Waals surface area contributed by atoms with Crippen LogP contribution in [-0.2, 0) is 24.4 Å². The van der Waals surface area contributed by atoms with E-state index in [2.05, 4.69) is 5.32 Å². The Bertz CT molecular complexity index is 1090. The summed E-state index contributed by atoms with van der Waals surface area (Å²) in [6.07, 6.45) is -0.662. The van der Waals surface area contributed by atoms with E-state index in [-0.39, 0.29) is 17.2 Å². The summed E-state index contributed by atoms with van der Waals surface area (Å²) in [7, 11) is -4.01. The standard InChI is InChI=1S/C25H33NO7S/c1-17-8-14-20(15-9-17)34(29,30)33-19-12-10-18(11-13-19)21(22(27)31-24(2,3)4)16-26-23(28)32-25(5,6)7/h8-15,21H,16H2,1-7H3,(H,26,28). The maximum atomic E-state index is 12.8. The van der Waals surface area contributed by atoms with Crippen molar-refractivity contribution in [2.75, 3.05) is 6.54 Å². The number of esters is 1. The molecule has 9 heteroatoms. The molecule has 2 rings (SSSR count). The van der Waals surface area contributed by atoms with Crippen molar-refractivity contribution in [1.82, 2.24) is 5.32 Å². The van der Waals surface area contributed by atoms with E-state index in [4.69, 9.17) is 13.7 Å². The summed E-state index contributed by atoms with van der Waals surface area (Å²) in [5.74, 6) is -1.29. The predicted octanol–water partition coefficient (Wildman–Crippen LogP) is 4.71. The normalized spacial score (nSPS) is 13.0. The lowest BCUT2D eigenvalue weighted by Gasteiger charge is -2.25. The molecule has 0 spiro atoms. The lowest BCUT2D eigenvalue weighted by atomic mass is 9.98. The van der Waals surface area contributed by atoms with Crippen LogP contribution in [0.1, 0.15) is 58.6 Å². The quantitative estimate of drug-likeness (QED) is 0.441. The molecule has 34 heavy (non-hydrogen) atoms. The molecule has 0 heterocycles. The first-order valence-electron chi connectivity index (χ1n) is 10.9. The Labute approximate surface area is 201 Å². The summed E-state index contributed by atoms with van der Waals surface area (Å²) in [6.45, 7) is 12.2. The van der Waals surface area contributed by atoms with Crippen molar-refractivity contribution in [2.45, 2.75) is 70.5 Å². The Morgan fingerprint density at radius 2 is 1.38 bits per heavy atom. The molecule has 0 saturated heterocycles. The molecule has 0 aromatic heterocycles. The molecule has 0 aliphatic carbocycles. The van der Waals surface area contributed by atoms with Crippen LogP contribution >= 0.6 is 0 Å². The van der Waals surface area contributed by atoms with Crippen molar-refractivity contribution in [3.05, 3.63) is 59.7 Å². The average molecular weight is 492 g/mol. The summed E-state index contributed by atoms with van der Waals surface area (Å²) in [6, 6.07) is 12.3. The maximum Gasteiger partial charge on any atom is 0.407 e. The van der Waals surface area contributed by atoms with Crippen LogP contribution in [0.2, 0.25) is 0 Å². The largest absolute Gasteiger partial charge is 0.459 e. The third-order valence-corrected chi connectivity index (χ3v) is 5.60. The number of hydrogen-bond donors (Lipinski definition) is 1. The second-order valence-corrected chi connectivity index (χ2v) is 11.4. The number of hydrogen-bond acceptors (Lipinski definition) is 7. The van der Waals surface area contributed by atoms with Crippen molar-refractivity contribution >= 4 is 22.2 Å². The number of benzene rings is 2. The molecule has 1 amide bonds. The monoisotopic (exact) mass is 491 g/mol. The molecule has 2 aromatic carbocycles. The van der Waals surface area contributed by atoms with Crippen LogP contribution in [-0.4, -0.2) is 38.2 Å². The van der Waals surface area contributed by atoms with Gasteiger partial charge in [0, 0.05) is 6.54 Å². The van der Waals surface area contributed by atoms with E-state index in [1.54, 1.807) is 65.8 Å². The zero-order valence-electron chi connectivity index (χ0n) is 20.7. The molecule has 0 fully saturated rings. The van der Waals surface area contributed by atoms with Gasteiger partial charge in [-0.25, -0.2) is 4.79 Å². The number of carbonyl (C=O) groups excluding carboxylic acids is 2. The van der Waals surface area contributed by atoms with Gasteiger partial charge >= 0.3 is 22.2 Å². The first-order chi connectivity index (χ1) is 15.6. The molecule has 0 bridgehead atoms. The van der Waals surface area contributed by atoms with Crippen LogP contribution in [0.25, 0.3) is 0 Å². The van der Waals surface area contributed by atoms with Crippen molar-refractivity contribution < 1.29 is 31.7 Å². The molecule has 1 N–H and O–H groups in total. The third kappa shape index (κ3) is 8.70. The summed E-state index contributed by atoms with van der Waals surface area (Å²) in [5.41, 5.74) is 0.0294. The lowest BCUT2D eigenvalue weighted by molar-refractivity contribution is -0.156. The van der Waals surface area contributed by atoms with Gasteiger partial charge in [0.25, 0.3) is 0 Å². The Hall–Kier alpha value is -3.07. The molecule has 2 aromatic rings. The van der Waals surface area contributed by atoms with Gasteiger partial charge in [-0.3, -0.25) is 4.79 Å². The van der Waals surface area contributed by atoms with Gasteiger partial charge < -0.3 is 19.0 Å². The first-order valence-corrected chi connectivity index (χ1v) is 12.3. The van der Waals surface area contributed by atoms with Crippen LogP contribution in [0.15, 0.2) is 53.4 Å². The summed E-state index contributed by atoms with van der Waals surface area (Å²) >= 11 is 0. The Kier molecular flexibility index (Phi) is 8.36. The molecule has 0 radical (unpaired) electrons. The molecule has 1 atom stereocenters. The summed E-state index contributed by atoms with van der Waals surface area (Å²) in [5, 5.41) is 2.59. The van der Waals surface area contributed by atoms with Gasteiger partial charge in [0.15, 0.2) is 0 Å². The SMILES string of the molecule is Cc1ccc(S(=O)(=O)Oc2ccc(C(CNC(=O)OC(C)(C)C)C(=O)OC(C)(C)C)cc2)cc1. The smallest absolute Gasteiger partial charge is 0.407 e. The van der Waals surface area contributed by atoms with Crippen LogP contribution < -0.4 is 9.50 Å². The minimum Gasteiger partial charge on any atom is -0.459 e. The van der Waals surface area contributed by atoms with Crippen LogP contribution in [0.4, 0.5) is 4.79 Å². The highest BCUT2D eigenvalue weighted by atomic mass is 32.2. The van der Waals surface area contributed by atoms with Gasteiger partial charge in [-0.15, -0.1) is 0 Å². The average Bonchev–Trinajstić information content (AvgIpc) is 2.66. The molecule has 0 aliphatic rings. The van der Waals surface area contributed by atoms with Gasteiger partial charge in [-0.05, 0) is 78.3 Å².